The van der Waals surface area contributed by atoms with Crippen LogP contribution in [0.5, 0.6) is 0 Å². The van der Waals surface area contributed by atoms with Gasteiger partial charge < -0.3 is 5.32 Å². The summed E-state index contributed by atoms with van der Waals surface area (Å²) < 4.78 is 0. The van der Waals surface area contributed by atoms with Crippen LogP contribution in [0.1, 0.15) is 38.5 Å². The van der Waals surface area contributed by atoms with E-state index in [4.69, 9.17) is 11.6 Å². The van der Waals surface area contributed by atoms with Crippen LogP contribution < -0.4 is 10.2 Å². The van der Waals surface area contributed by atoms with Gasteiger partial charge in [-0.3, -0.25) is 14.5 Å². The topological polar surface area (TPSA) is 49.4 Å². The summed E-state index contributed by atoms with van der Waals surface area (Å²) in [6.45, 7) is 0. The standard InChI is InChI=1S/C16H17ClN2O2S/c17-10-5-6-13-12(9-10)19-14(20)7-8-16(19,22-13)15(21)18-11-3-1-2-4-11/h5-6,9,11H,1-4,7-8H2,(H,18,21)/t16-/m0/s1. The number of nitrogens with one attached hydrogen (secondary N) is 1. The first kappa shape index (κ1) is 14.4. The monoisotopic (exact) mass is 336 g/mol. The maximum absolute atomic E-state index is 12.9. The van der Waals surface area contributed by atoms with Gasteiger partial charge in [-0.05, 0) is 37.5 Å². The Morgan fingerprint density at radius 1 is 1.36 bits per heavy atom. The van der Waals surface area contributed by atoms with Crippen LogP contribution in [0.15, 0.2) is 23.1 Å². The first-order valence-electron chi connectivity index (χ1n) is 7.73. The Balaban J connectivity index is 1.68. The second kappa shape index (κ2) is 5.17. The molecule has 1 aromatic rings. The summed E-state index contributed by atoms with van der Waals surface area (Å²) in [6.07, 6.45) is 5.39. The molecular formula is C16H17ClN2O2S. The number of thioether (sulfide) groups is 1. The second-order valence-electron chi connectivity index (χ2n) is 6.18. The van der Waals surface area contributed by atoms with Crippen molar-refractivity contribution in [2.24, 2.45) is 0 Å². The van der Waals surface area contributed by atoms with Gasteiger partial charge in [-0.25, -0.2) is 0 Å². The summed E-state index contributed by atoms with van der Waals surface area (Å²) >= 11 is 7.57. The molecule has 1 atom stereocenters. The number of carbonyl (C=O) groups is 2. The van der Waals surface area contributed by atoms with E-state index in [0.717, 1.165) is 23.4 Å². The summed E-state index contributed by atoms with van der Waals surface area (Å²) in [6, 6.07) is 5.76. The molecule has 1 saturated carbocycles. The molecule has 1 aromatic carbocycles. The van der Waals surface area contributed by atoms with Gasteiger partial charge in [0.2, 0.25) is 5.91 Å². The highest BCUT2D eigenvalue weighted by Crippen LogP contribution is 2.56. The molecule has 2 amide bonds. The Hall–Kier alpha value is -1.20. The molecule has 4 nitrogen and oxygen atoms in total. The number of benzene rings is 1. The third-order valence-corrected chi connectivity index (χ3v) is 6.48. The van der Waals surface area contributed by atoms with E-state index in [1.807, 2.05) is 12.1 Å². The molecule has 0 unspecified atom stereocenters. The molecule has 3 aliphatic rings. The second-order valence-corrected chi connectivity index (χ2v) is 7.94. The van der Waals surface area contributed by atoms with Crippen molar-refractivity contribution in [3.8, 4) is 0 Å². The number of amides is 2. The first-order valence-corrected chi connectivity index (χ1v) is 8.92. The van der Waals surface area contributed by atoms with Crippen molar-refractivity contribution in [3.05, 3.63) is 23.2 Å². The maximum atomic E-state index is 12.9. The molecule has 0 bridgehead atoms. The summed E-state index contributed by atoms with van der Waals surface area (Å²) in [5, 5.41) is 3.76. The van der Waals surface area contributed by atoms with Crippen LogP contribution in [0.25, 0.3) is 0 Å². The molecule has 0 spiro atoms. The molecule has 22 heavy (non-hydrogen) atoms. The minimum absolute atomic E-state index is 0.00934. The van der Waals surface area contributed by atoms with Crippen LogP contribution in [0, 0.1) is 0 Å². The molecule has 6 heteroatoms. The van der Waals surface area contributed by atoms with Gasteiger partial charge in [-0.1, -0.05) is 36.2 Å². The van der Waals surface area contributed by atoms with Crippen molar-refractivity contribution in [3.63, 3.8) is 0 Å². The summed E-state index contributed by atoms with van der Waals surface area (Å²) in [7, 11) is 0. The molecule has 4 rings (SSSR count). The third-order valence-electron chi connectivity index (χ3n) is 4.77. The molecule has 2 heterocycles. The lowest BCUT2D eigenvalue weighted by Gasteiger charge is -2.31. The van der Waals surface area contributed by atoms with E-state index in [-0.39, 0.29) is 17.9 Å². The number of fused-ring (bicyclic) bond motifs is 3. The Labute approximate surface area is 138 Å². The highest BCUT2D eigenvalue weighted by Gasteiger charge is 2.57. The van der Waals surface area contributed by atoms with Crippen molar-refractivity contribution in [2.45, 2.75) is 54.3 Å². The summed E-state index contributed by atoms with van der Waals surface area (Å²) in [4.78, 5) is 27.1. The van der Waals surface area contributed by atoms with Crippen LogP contribution in [-0.2, 0) is 9.59 Å². The van der Waals surface area contributed by atoms with Gasteiger partial charge >= 0.3 is 0 Å². The van der Waals surface area contributed by atoms with E-state index < -0.39 is 4.87 Å². The molecule has 2 fully saturated rings. The van der Waals surface area contributed by atoms with Crippen LogP contribution in [0.3, 0.4) is 0 Å². The van der Waals surface area contributed by atoms with E-state index in [9.17, 15) is 9.59 Å². The van der Waals surface area contributed by atoms with E-state index in [0.29, 0.717) is 17.9 Å². The number of rotatable bonds is 2. The largest absolute Gasteiger partial charge is 0.351 e. The van der Waals surface area contributed by atoms with E-state index in [1.165, 1.54) is 24.6 Å². The van der Waals surface area contributed by atoms with Gasteiger partial charge in [0.25, 0.3) is 5.91 Å². The molecule has 1 saturated heterocycles. The highest BCUT2D eigenvalue weighted by molar-refractivity contribution is 8.02. The highest BCUT2D eigenvalue weighted by atomic mass is 35.5. The number of halogens is 1. The van der Waals surface area contributed by atoms with Crippen LogP contribution in [0.2, 0.25) is 5.02 Å². The minimum Gasteiger partial charge on any atom is -0.351 e. The predicted octanol–water partition coefficient (Wildman–Crippen LogP) is 3.33. The lowest BCUT2D eigenvalue weighted by Crippen LogP contribution is -2.54. The van der Waals surface area contributed by atoms with Gasteiger partial charge in [0.15, 0.2) is 4.87 Å². The molecule has 1 aliphatic carbocycles. The van der Waals surface area contributed by atoms with E-state index >= 15 is 0 Å². The lowest BCUT2D eigenvalue weighted by atomic mass is 10.1. The molecule has 1 N–H and O–H groups in total. The number of nitrogens with zero attached hydrogens (tertiary/aromatic N) is 1. The minimum atomic E-state index is -0.813. The van der Waals surface area contributed by atoms with Crippen molar-refractivity contribution in [1.29, 1.82) is 0 Å². The van der Waals surface area contributed by atoms with Crippen LogP contribution >= 0.6 is 23.4 Å². The maximum Gasteiger partial charge on any atom is 0.257 e. The Bertz CT molecular complexity index is 660. The van der Waals surface area contributed by atoms with Gasteiger partial charge in [-0.15, -0.1) is 0 Å². The van der Waals surface area contributed by atoms with Crippen LogP contribution in [0.4, 0.5) is 5.69 Å². The third kappa shape index (κ3) is 2.06. The van der Waals surface area contributed by atoms with Gasteiger partial charge in [0.1, 0.15) is 0 Å². The van der Waals surface area contributed by atoms with Gasteiger partial charge in [-0.2, -0.15) is 0 Å². The Morgan fingerprint density at radius 2 is 2.14 bits per heavy atom. The van der Waals surface area contributed by atoms with Crippen molar-refractivity contribution in [2.75, 3.05) is 4.90 Å². The average molecular weight is 337 g/mol. The average Bonchev–Trinajstić information content (AvgIpc) is 3.16. The summed E-state index contributed by atoms with van der Waals surface area (Å²) in [5.74, 6) is -0.0161. The van der Waals surface area contributed by atoms with E-state index in [2.05, 4.69) is 5.32 Å². The number of carbonyl (C=O) groups excluding carboxylic acids is 2. The van der Waals surface area contributed by atoms with Gasteiger partial charge in [0, 0.05) is 22.4 Å². The Kier molecular flexibility index (Phi) is 3.38. The van der Waals surface area contributed by atoms with Gasteiger partial charge in [0.05, 0.1) is 5.69 Å². The summed E-state index contributed by atoms with van der Waals surface area (Å²) in [5.41, 5.74) is 0.779. The van der Waals surface area contributed by atoms with Crippen molar-refractivity contribution >= 4 is 40.9 Å². The SMILES string of the molecule is O=C1CC[C@@]2(C(=O)NC3CCCC3)Sc3ccc(Cl)cc3N12. The zero-order valence-electron chi connectivity index (χ0n) is 12.1. The normalized spacial score (nSPS) is 27.1. The predicted molar refractivity (Wildman–Crippen MR) is 87.2 cm³/mol. The van der Waals surface area contributed by atoms with Crippen molar-refractivity contribution in [1.82, 2.24) is 5.32 Å². The fraction of sp³-hybridized carbons (Fsp3) is 0.500. The van der Waals surface area contributed by atoms with Crippen LogP contribution in [-0.4, -0.2) is 22.7 Å². The molecular weight excluding hydrogens is 320 g/mol. The first-order chi connectivity index (χ1) is 10.6. The Morgan fingerprint density at radius 3 is 2.91 bits per heavy atom. The lowest BCUT2D eigenvalue weighted by molar-refractivity contribution is -0.125. The van der Waals surface area contributed by atoms with Crippen molar-refractivity contribution < 1.29 is 9.59 Å². The smallest absolute Gasteiger partial charge is 0.257 e. The molecule has 2 aliphatic heterocycles. The quantitative estimate of drug-likeness (QED) is 0.901. The number of hydrogen-bond donors (Lipinski definition) is 1. The fourth-order valence-electron chi connectivity index (χ4n) is 3.69. The zero-order chi connectivity index (χ0) is 15.3. The number of anilines is 1. The zero-order valence-corrected chi connectivity index (χ0v) is 13.7. The fourth-order valence-corrected chi connectivity index (χ4v) is 5.26. The molecule has 0 radical (unpaired) electrons. The number of hydrogen-bond acceptors (Lipinski definition) is 3. The molecule has 0 aromatic heterocycles. The molecule has 116 valence electrons. The van der Waals surface area contributed by atoms with E-state index in [1.54, 1.807) is 11.0 Å².